The normalized spacial score (nSPS) is 25.0. The summed E-state index contributed by atoms with van der Waals surface area (Å²) in [6.07, 6.45) is 2.91. The third-order valence-electron chi connectivity index (χ3n) is 5.90. The fourth-order valence-corrected chi connectivity index (χ4v) is 4.59. The summed E-state index contributed by atoms with van der Waals surface area (Å²) in [6, 6.07) is 4.99. The number of hydrogen-bond donors (Lipinski definition) is 2. The number of nitrogens with one attached hydrogen (secondary N) is 2. The quantitative estimate of drug-likeness (QED) is 0.669. The number of nitrogens with zero attached hydrogens (tertiary/aromatic N) is 2. The van der Waals surface area contributed by atoms with E-state index in [-0.39, 0.29) is 42.3 Å². The Morgan fingerprint density at radius 1 is 1.30 bits per heavy atom. The fourth-order valence-electron chi connectivity index (χ4n) is 4.35. The lowest BCUT2D eigenvalue weighted by molar-refractivity contribution is -0.129. The Bertz CT molecular complexity index is 1090. The van der Waals surface area contributed by atoms with E-state index in [1.54, 1.807) is 24.3 Å². The van der Waals surface area contributed by atoms with Crippen LogP contribution in [0.25, 0.3) is 0 Å². The van der Waals surface area contributed by atoms with Crippen molar-refractivity contribution < 1.29 is 23.2 Å². The second kappa shape index (κ2) is 9.05. The molecule has 1 unspecified atom stereocenters. The Kier molecular flexibility index (Phi) is 6.34. The summed E-state index contributed by atoms with van der Waals surface area (Å²) in [6.45, 7) is 1.46. The third kappa shape index (κ3) is 4.98. The Morgan fingerprint density at radius 2 is 2.03 bits per heavy atom. The van der Waals surface area contributed by atoms with Crippen LogP contribution in [0.4, 0.5) is 14.5 Å². The van der Waals surface area contributed by atoms with Crippen molar-refractivity contribution in [2.45, 2.75) is 56.4 Å². The highest BCUT2D eigenvalue weighted by molar-refractivity contribution is 6.31. The van der Waals surface area contributed by atoms with Crippen LogP contribution in [0.3, 0.4) is 0 Å². The molecule has 0 bridgehead atoms. The maximum absolute atomic E-state index is 14.1. The van der Waals surface area contributed by atoms with E-state index in [2.05, 4.69) is 15.6 Å². The number of benzene rings is 1. The zero-order valence-electron chi connectivity index (χ0n) is 17.9. The van der Waals surface area contributed by atoms with Crippen LogP contribution in [0.1, 0.15) is 44.2 Å². The van der Waals surface area contributed by atoms with Crippen LogP contribution < -0.4 is 15.5 Å². The number of alkyl halides is 1. The molecule has 7 nitrogen and oxygen atoms in total. The largest absolute Gasteiger partial charge is 0.351 e. The average molecular weight is 477 g/mol. The molecular weight excluding hydrogens is 454 g/mol. The molecule has 10 heteroatoms. The van der Waals surface area contributed by atoms with Gasteiger partial charge in [-0.2, -0.15) is 0 Å². The molecule has 1 aliphatic heterocycles. The fraction of sp³-hybridized carbons (Fsp3) is 0.391. The summed E-state index contributed by atoms with van der Waals surface area (Å²) in [5.41, 5.74) is -1.03. The Hall–Kier alpha value is -3.07. The lowest BCUT2D eigenvalue weighted by Crippen LogP contribution is -2.56. The Morgan fingerprint density at radius 3 is 2.64 bits per heavy atom. The molecule has 1 aromatic carbocycles. The molecule has 2 aromatic rings. The van der Waals surface area contributed by atoms with E-state index in [1.165, 1.54) is 13.1 Å². The number of amides is 3. The van der Waals surface area contributed by atoms with E-state index in [9.17, 15) is 23.2 Å². The molecule has 0 spiro atoms. The van der Waals surface area contributed by atoms with Crippen molar-refractivity contribution in [1.29, 1.82) is 0 Å². The molecular formula is C23H23ClF2N4O3. The maximum Gasteiger partial charge on any atom is 0.250 e. The van der Waals surface area contributed by atoms with E-state index in [0.717, 1.165) is 17.2 Å². The van der Waals surface area contributed by atoms with Crippen LogP contribution in [-0.4, -0.2) is 40.5 Å². The first-order valence-electron chi connectivity index (χ1n) is 10.6. The number of carbonyl (C=O) groups is 3. The van der Waals surface area contributed by atoms with Gasteiger partial charge in [-0.1, -0.05) is 29.8 Å². The molecule has 1 aliphatic carbocycles. The first kappa shape index (κ1) is 23.1. The smallest absolute Gasteiger partial charge is 0.250 e. The highest BCUT2D eigenvalue weighted by Crippen LogP contribution is 2.37. The second-order valence-electron chi connectivity index (χ2n) is 8.68. The van der Waals surface area contributed by atoms with Gasteiger partial charge in [0.2, 0.25) is 11.8 Å². The highest BCUT2D eigenvalue weighted by Gasteiger charge is 2.44. The molecule has 2 atom stereocenters. The molecule has 2 heterocycles. The van der Waals surface area contributed by atoms with Crippen molar-refractivity contribution in [3.63, 3.8) is 0 Å². The van der Waals surface area contributed by atoms with Gasteiger partial charge < -0.3 is 10.6 Å². The molecule has 2 aliphatic rings. The van der Waals surface area contributed by atoms with Gasteiger partial charge in [0.15, 0.2) is 0 Å². The Balaban J connectivity index is 1.77. The topological polar surface area (TPSA) is 91.4 Å². The van der Waals surface area contributed by atoms with Crippen LogP contribution in [0.5, 0.6) is 0 Å². The third-order valence-corrected chi connectivity index (χ3v) is 6.24. The summed E-state index contributed by atoms with van der Waals surface area (Å²) in [7, 11) is 0. The van der Waals surface area contributed by atoms with E-state index in [1.807, 2.05) is 0 Å². The minimum Gasteiger partial charge on any atom is -0.351 e. The molecule has 174 valence electrons. The molecule has 3 amide bonds. The van der Waals surface area contributed by atoms with Crippen LogP contribution in [0, 0.1) is 5.82 Å². The number of halogens is 3. The lowest BCUT2D eigenvalue weighted by atomic mass is 9.78. The summed E-state index contributed by atoms with van der Waals surface area (Å²) < 4.78 is 28.1. The van der Waals surface area contributed by atoms with Gasteiger partial charge in [-0.05, 0) is 19.4 Å². The highest BCUT2D eigenvalue weighted by atomic mass is 35.5. The predicted molar refractivity (Wildman–Crippen MR) is 118 cm³/mol. The van der Waals surface area contributed by atoms with Gasteiger partial charge in [0, 0.05) is 42.0 Å². The van der Waals surface area contributed by atoms with E-state index < -0.39 is 41.4 Å². The number of pyridine rings is 1. The van der Waals surface area contributed by atoms with E-state index >= 15 is 0 Å². The van der Waals surface area contributed by atoms with E-state index in [0.29, 0.717) is 5.56 Å². The Labute approximate surface area is 194 Å². The maximum atomic E-state index is 14.1. The standard InChI is InChI=1S/C23H23ClF2N4O3/c1-23(26)9-14(10-23)28-21(32)20(16-4-2-3-5-17(16)24)30(15-8-13(25)11-27-12-15)22(33)18-6-7-19(31)29-18/h2-5,8,11-12,14,18,20H,6-7,9-10H2,1H3,(H,28,32)(H,29,31)/t14?,18?,20-,23?/m1/s1. The summed E-state index contributed by atoms with van der Waals surface area (Å²) in [5.74, 6) is -2.19. The van der Waals surface area contributed by atoms with Crippen molar-refractivity contribution in [1.82, 2.24) is 15.6 Å². The summed E-state index contributed by atoms with van der Waals surface area (Å²) in [4.78, 5) is 43.8. The molecule has 33 heavy (non-hydrogen) atoms. The zero-order valence-corrected chi connectivity index (χ0v) is 18.6. The number of anilines is 1. The van der Waals surface area contributed by atoms with Crippen molar-refractivity contribution in [2.24, 2.45) is 0 Å². The molecule has 1 aromatic heterocycles. The van der Waals surface area contributed by atoms with Crippen molar-refractivity contribution in [3.8, 4) is 0 Å². The van der Waals surface area contributed by atoms with Gasteiger partial charge in [0.05, 0.1) is 18.1 Å². The molecule has 4 rings (SSSR count). The van der Waals surface area contributed by atoms with Crippen LogP contribution in [0.2, 0.25) is 5.02 Å². The first-order valence-corrected chi connectivity index (χ1v) is 11.0. The number of aromatic nitrogens is 1. The number of rotatable bonds is 6. The minimum absolute atomic E-state index is 0.0326. The van der Waals surface area contributed by atoms with E-state index in [4.69, 9.17) is 11.6 Å². The predicted octanol–water partition coefficient (Wildman–Crippen LogP) is 3.23. The lowest BCUT2D eigenvalue weighted by Gasteiger charge is -2.41. The minimum atomic E-state index is -1.37. The van der Waals surface area contributed by atoms with Gasteiger partial charge in [-0.15, -0.1) is 0 Å². The SMILES string of the molecule is CC1(F)CC(NC(=O)[C@@H](c2ccccc2Cl)N(C(=O)C2CCC(=O)N2)c2cncc(F)c2)C1. The summed E-state index contributed by atoms with van der Waals surface area (Å²) >= 11 is 6.41. The second-order valence-corrected chi connectivity index (χ2v) is 9.09. The monoisotopic (exact) mass is 476 g/mol. The van der Waals surface area contributed by atoms with Gasteiger partial charge in [-0.3, -0.25) is 24.3 Å². The first-order chi connectivity index (χ1) is 15.6. The van der Waals surface area contributed by atoms with Gasteiger partial charge >= 0.3 is 0 Å². The van der Waals surface area contributed by atoms with Gasteiger partial charge in [-0.25, -0.2) is 8.78 Å². The van der Waals surface area contributed by atoms with Crippen LogP contribution in [-0.2, 0) is 14.4 Å². The van der Waals surface area contributed by atoms with Crippen molar-refractivity contribution >= 4 is 35.0 Å². The summed E-state index contributed by atoms with van der Waals surface area (Å²) in [5, 5.41) is 5.60. The van der Waals surface area contributed by atoms with Crippen LogP contribution >= 0.6 is 11.6 Å². The molecule has 2 fully saturated rings. The average Bonchev–Trinajstić information content (AvgIpc) is 3.17. The van der Waals surface area contributed by atoms with Crippen molar-refractivity contribution in [2.75, 3.05) is 4.90 Å². The molecule has 1 saturated carbocycles. The number of hydrogen-bond acceptors (Lipinski definition) is 4. The van der Waals surface area contributed by atoms with Gasteiger partial charge in [0.1, 0.15) is 23.6 Å². The zero-order chi connectivity index (χ0) is 23.8. The molecule has 2 N–H and O–H groups in total. The molecule has 1 saturated heterocycles. The number of carbonyl (C=O) groups excluding carboxylic acids is 3. The van der Waals surface area contributed by atoms with Gasteiger partial charge in [0.25, 0.3) is 5.91 Å². The molecule has 0 radical (unpaired) electrons. The van der Waals surface area contributed by atoms with Crippen LogP contribution in [0.15, 0.2) is 42.7 Å². The van der Waals surface area contributed by atoms with Crippen molar-refractivity contribution in [3.05, 3.63) is 59.1 Å².